The molecule has 0 spiro atoms. The lowest BCUT2D eigenvalue weighted by atomic mass is 9.99. The van der Waals surface area contributed by atoms with E-state index >= 15 is 0 Å². The zero-order valence-electron chi connectivity index (χ0n) is 13.7. The summed E-state index contributed by atoms with van der Waals surface area (Å²) in [5.74, 6) is 1.25. The number of halogens is 2. The van der Waals surface area contributed by atoms with E-state index in [-0.39, 0.29) is 30.5 Å². The largest absolute Gasteiger partial charge is 0.345 e. The van der Waals surface area contributed by atoms with Crippen molar-refractivity contribution >= 4 is 24.8 Å². The Morgan fingerprint density at radius 2 is 2.17 bits per heavy atom. The molecule has 2 aromatic heterocycles. The molecule has 24 heavy (non-hydrogen) atoms. The first-order valence-corrected chi connectivity index (χ1v) is 7.88. The molecule has 1 aliphatic rings. The topological polar surface area (TPSA) is 95.5 Å². The van der Waals surface area contributed by atoms with E-state index in [9.17, 15) is 4.79 Å². The van der Waals surface area contributed by atoms with Gasteiger partial charge in [-0.2, -0.15) is 5.10 Å². The highest BCUT2D eigenvalue weighted by molar-refractivity contribution is 5.85. The maximum atomic E-state index is 12.5. The molecule has 9 nitrogen and oxygen atoms in total. The predicted molar refractivity (Wildman–Crippen MR) is 93.9 cm³/mol. The van der Waals surface area contributed by atoms with Gasteiger partial charge in [0.1, 0.15) is 12.2 Å². The highest BCUT2D eigenvalue weighted by Crippen LogP contribution is 2.20. The number of nitrogens with one attached hydrogen (secondary N) is 1. The van der Waals surface area contributed by atoms with Crippen molar-refractivity contribution < 1.29 is 0 Å². The summed E-state index contributed by atoms with van der Waals surface area (Å²) in [5.41, 5.74) is -0.0141. The molecule has 11 heteroatoms. The quantitative estimate of drug-likeness (QED) is 0.783. The Morgan fingerprint density at radius 3 is 2.79 bits per heavy atom. The van der Waals surface area contributed by atoms with Crippen molar-refractivity contribution in [1.82, 2.24) is 39.9 Å². The Kier molecular flexibility index (Phi) is 8.37. The fourth-order valence-electron chi connectivity index (χ4n) is 2.94. The van der Waals surface area contributed by atoms with E-state index in [1.807, 2.05) is 6.92 Å². The van der Waals surface area contributed by atoms with Gasteiger partial charge in [-0.3, -0.25) is 4.57 Å². The van der Waals surface area contributed by atoms with Crippen molar-refractivity contribution in [3.63, 3.8) is 0 Å². The van der Waals surface area contributed by atoms with Gasteiger partial charge in [-0.1, -0.05) is 0 Å². The zero-order valence-corrected chi connectivity index (χ0v) is 15.3. The minimum atomic E-state index is -0.0141. The van der Waals surface area contributed by atoms with Gasteiger partial charge >= 0.3 is 5.69 Å². The molecule has 0 bridgehead atoms. The molecule has 3 rings (SSSR count). The third-order valence-electron chi connectivity index (χ3n) is 4.08. The van der Waals surface area contributed by atoms with Gasteiger partial charge in [0.15, 0.2) is 0 Å². The third kappa shape index (κ3) is 4.55. The molecule has 0 saturated carbocycles. The molecule has 136 valence electrons. The van der Waals surface area contributed by atoms with Gasteiger partial charge in [0.25, 0.3) is 0 Å². The van der Waals surface area contributed by atoms with Gasteiger partial charge in [0.05, 0.1) is 0 Å². The second-order valence-corrected chi connectivity index (χ2v) is 5.58. The molecule has 0 radical (unpaired) electrons. The summed E-state index contributed by atoms with van der Waals surface area (Å²) in [7, 11) is 0. The fourth-order valence-corrected chi connectivity index (χ4v) is 2.94. The third-order valence-corrected chi connectivity index (χ3v) is 4.08. The first-order chi connectivity index (χ1) is 10.8. The SMILES string of the molecule is CCn1c(C2CCCNC2)nn(CCCn2cnnn2)c1=O.Cl.Cl. The van der Waals surface area contributed by atoms with Crippen LogP contribution in [-0.4, -0.2) is 47.6 Å². The van der Waals surface area contributed by atoms with Gasteiger partial charge in [-0.15, -0.1) is 29.9 Å². The Morgan fingerprint density at radius 1 is 1.33 bits per heavy atom. The summed E-state index contributed by atoms with van der Waals surface area (Å²) in [6.07, 6.45) is 4.57. The van der Waals surface area contributed by atoms with Crippen molar-refractivity contribution in [2.45, 2.75) is 51.7 Å². The number of piperidine rings is 1. The van der Waals surface area contributed by atoms with Crippen molar-refractivity contribution in [2.75, 3.05) is 13.1 Å². The Hall–Kier alpha value is -1.45. The van der Waals surface area contributed by atoms with Crippen LogP contribution in [0.15, 0.2) is 11.1 Å². The summed E-state index contributed by atoms with van der Waals surface area (Å²) in [6.45, 7) is 5.88. The maximum absolute atomic E-state index is 12.5. The van der Waals surface area contributed by atoms with Gasteiger partial charge in [0.2, 0.25) is 0 Å². The average Bonchev–Trinajstić information content (AvgIpc) is 3.17. The smallest absolute Gasteiger partial charge is 0.316 e. The monoisotopic (exact) mass is 378 g/mol. The van der Waals surface area contributed by atoms with E-state index in [1.165, 1.54) is 0 Å². The molecule has 1 aliphatic heterocycles. The Labute approximate surface area is 152 Å². The zero-order chi connectivity index (χ0) is 15.4. The van der Waals surface area contributed by atoms with E-state index in [1.54, 1.807) is 20.3 Å². The molecular formula is C13H24Cl2N8O. The van der Waals surface area contributed by atoms with Gasteiger partial charge in [0, 0.05) is 32.1 Å². The minimum absolute atomic E-state index is 0. The number of hydrogen-bond donors (Lipinski definition) is 1. The van der Waals surface area contributed by atoms with Crippen LogP contribution in [-0.2, 0) is 19.6 Å². The van der Waals surface area contributed by atoms with Crippen molar-refractivity contribution in [3.05, 3.63) is 22.6 Å². The second kappa shape index (κ2) is 9.75. The average molecular weight is 379 g/mol. The molecule has 1 unspecified atom stereocenters. The Bertz CT molecular complexity index is 647. The lowest BCUT2D eigenvalue weighted by Crippen LogP contribution is -2.31. The van der Waals surface area contributed by atoms with Crippen molar-refractivity contribution in [1.29, 1.82) is 0 Å². The van der Waals surface area contributed by atoms with Crippen LogP contribution < -0.4 is 11.0 Å². The van der Waals surface area contributed by atoms with E-state index in [0.29, 0.717) is 25.6 Å². The van der Waals surface area contributed by atoms with Gasteiger partial charge in [-0.05, 0) is 43.2 Å². The molecule has 0 aromatic carbocycles. The van der Waals surface area contributed by atoms with E-state index in [2.05, 4.69) is 25.9 Å². The van der Waals surface area contributed by atoms with Crippen molar-refractivity contribution in [2.24, 2.45) is 0 Å². The highest BCUT2D eigenvalue weighted by Gasteiger charge is 2.23. The summed E-state index contributed by atoms with van der Waals surface area (Å²) in [5, 5.41) is 19.0. The molecule has 1 atom stereocenters. The van der Waals surface area contributed by atoms with Crippen LogP contribution in [0, 0.1) is 0 Å². The fraction of sp³-hybridized carbons (Fsp3) is 0.769. The predicted octanol–water partition coefficient (Wildman–Crippen LogP) is 0.452. The van der Waals surface area contributed by atoms with Crippen LogP contribution in [0.5, 0.6) is 0 Å². The standard InChI is InChI=1S/C13H22N8O.2ClH/c1-2-20-12(11-5-3-6-14-9-11)16-21(13(20)22)8-4-7-19-10-15-17-18-19;;/h10-11,14H,2-9H2,1H3;2*1H. The second-order valence-electron chi connectivity index (χ2n) is 5.58. The molecular weight excluding hydrogens is 355 g/mol. The van der Waals surface area contributed by atoms with Gasteiger partial charge < -0.3 is 5.32 Å². The van der Waals surface area contributed by atoms with Crippen LogP contribution in [0.2, 0.25) is 0 Å². The normalized spacial score (nSPS) is 17.1. The lowest BCUT2D eigenvalue weighted by Gasteiger charge is -2.21. The number of aromatic nitrogens is 7. The first-order valence-electron chi connectivity index (χ1n) is 7.88. The Balaban J connectivity index is 0.00000144. The minimum Gasteiger partial charge on any atom is -0.316 e. The molecule has 0 amide bonds. The van der Waals surface area contributed by atoms with Gasteiger partial charge in [-0.25, -0.2) is 14.2 Å². The molecule has 3 heterocycles. The molecule has 1 N–H and O–H groups in total. The van der Waals surface area contributed by atoms with E-state index in [0.717, 1.165) is 38.2 Å². The van der Waals surface area contributed by atoms with Crippen LogP contribution >= 0.6 is 24.8 Å². The number of nitrogens with zero attached hydrogens (tertiary/aromatic N) is 7. The van der Waals surface area contributed by atoms with E-state index in [4.69, 9.17) is 0 Å². The molecule has 0 aliphatic carbocycles. The van der Waals surface area contributed by atoms with Crippen LogP contribution in [0.1, 0.15) is 37.9 Å². The van der Waals surface area contributed by atoms with Crippen LogP contribution in [0.25, 0.3) is 0 Å². The number of aryl methyl sites for hydroxylation is 2. The summed E-state index contributed by atoms with van der Waals surface area (Å²) in [4.78, 5) is 12.5. The van der Waals surface area contributed by atoms with Crippen molar-refractivity contribution in [3.8, 4) is 0 Å². The first kappa shape index (κ1) is 20.6. The molecule has 1 fully saturated rings. The summed E-state index contributed by atoms with van der Waals surface area (Å²) >= 11 is 0. The number of tetrazole rings is 1. The summed E-state index contributed by atoms with van der Waals surface area (Å²) in [6, 6.07) is 0. The summed E-state index contributed by atoms with van der Waals surface area (Å²) < 4.78 is 5.04. The number of rotatable bonds is 6. The molecule has 2 aromatic rings. The maximum Gasteiger partial charge on any atom is 0.345 e. The van der Waals surface area contributed by atoms with Crippen LogP contribution in [0.3, 0.4) is 0 Å². The highest BCUT2D eigenvalue weighted by atomic mass is 35.5. The van der Waals surface area contributed by atoms with E-state index < -0.39 is 0 Å². The van der Waals surface area contributed by atoms with Crippen LogP contribution in [0.4, 0.5) is 0 Å². The molecule has 1 saturated heterocycles. The number of hydrogen-bond acceptors (Lipinski definition) is 6. The lowest BCUT2D eigenvalue weighted by molar-refractivity contribution is 0.429.